The third-order valence-corrected chi connectivity index (χ3v) is 5.74. The molecule has 3 aromatic rings. The summed E-state index contributed by atoms with van der Waals surface area (Å²) < 4.78 is 6.60. The van der Waals surface area contributed by atoms with E-state index in [2.05, 4.69) is 45.5 Å². The van der Waals surface area contributed by atoms with Crippen LogP contribution in [-0.2, 0) is 11.2 Å². The number of nitrogens with one attached hydrogen (secondary N) is 1. The Labute approximate surface area is 167 Å². The van der Waals surface area contributed by atoms with Crippen LogP contribution >= 0.6 is 15.9 Å². The molecule has 1 aliphatic rings. The van der Waals surface area contributed by atoms with Crippen molar-refractivity contribution in [2.24, 2.45) is 0 Å². The van der Waals surface area contributed by atoms with Gasteiger partial charge in [-0.3, -0.25) is 0 Å². The smallest absolute Gasteiger partial charge is 0.407 e. The maximum atomic E-state index is 12.2. The number of amides is 1. The Morgan fingerprint density at radius 1 is 0.889 bits per heavy atom. The van der Waals surface area contributed by atoms with E-state index in [-0.39, 0.29) is 12.0 Å². The van der Waals surface area contributed by atoms with Gasteiger partial charge >= 0.3 is 6.09 Å². The summed E-state index contributed by atoms with van der Waals surface area (Å²) in [7, 11) is 0. The summed E-state index contributed by atoms with van der Waals surface area (Å²) in [5, 5.41) is 2.85. The molecule has 1 aliphatic carbocycles. The van der Waals surface area contributed by atoms with Crippen LogP contribution in [0.1, 0.15) is 22.6 Å². The van der Waals surface area contributed by atoms with Gasteiger partial charge in [-0.05, 0) is 40.3 Å². The van der Waals surface area contributed by atoms with Crippen molar-refractivity contribution in [3.8, 4) is 11.1 Å². The van der Waals surface area contributed by atoms with E-state index in [9.17, 15) is 4.79 Å². The van der Waals surface area contributed by atoms with E-state index >= 15 is 0 Å². The minimum absolute atomic E-state index is 0.0893. The van der Waals surface area contributed by atoms with E-state index in [4.69, 9.17) is 4.74 Å². The van der Waals surface area contributed by atoms with Gasteiger partial charge < -0.3 is 10.1 Å². The molecule has 0 fully saturated rings. The van der Waals surface area contributed by atoms with Gasteiger partial charge in [0.1, 0.15) is 6.61 Å². The lowest BCUT2D eigenvalue weighted by atomic mass is 9.98. The summed E-state index contributed by atoms with van der Waals surface area (Å²) >= 11 is 3.53. The molecule has 0 saturated carbocycles. The molecule has 0 aromatic heterocycles. The van der Waals surface area contributed by atoms with E-state index in [0.29, 0.717) is 13.2 Å². The van der Waals surface area contributed by atoms with Crippen LogP contribution in [0.4, 0.5) is 4.79 Å². The summed E-state index contributed by atoms with van der Waals surface area (Å²) in [6.45, 7) is 0.883. The molecule has 136 valence electrons. The van der Waals surface area contributed by atoms with Crippen molar-refractivity contribution in [3.05, 3.63) is 94.0 Å². The number of alkyl carbamates (subject to hydrolysis) is 1. The molecule has 1 N–H and O–H groups in total. The molecule has 0 unspecified atom stereocenters. The highest BCUT2D eigenvalue weighted by molar-refractivity contribution is 9.10. The molecule has 0 radical (unpaired) electrons. The third kappa shape index (κ3) is 3.76. The number of fused-ring (bicyclic) bond motifs is 3. The second kappa shape index (κ2) is 7.97. The SMILES string of the molecule is O=C(NCCc1ccccc1Br)OCC1c2ccccc2-c2ccccc21. The van der Waals surface area contributed by atoms with Gasteiger partial charge in [0.05, 0.1) is 0 Å². The maximum absolute atomic E-state index is 12.2. The largest absolute Gasteiger partial charge is 0.449 e. The molecule has 1 amide bonds. The van der Waals surface area contributed by atoms with Crippen molar-refractivity contribution in [1.29, 1.82) is 0 Å². The van der Waals surface area contributed by atoms with Gasteiger partial charge in [-0.1, -0.05) is 82.7 Å². The summed E-state index contributed by atoms with van der Waals surface area (Å²) in [6, 6.07) is 24.7. The number of hydrogen-bond acceptors (Lipinski definition) is 2. The van der Waals surface area contributed by atoms with Crippen molar-refractivity contribution in [2.45, 2.75) is 12.3 Å². The van der Waals surface area contributed by atoms with E-state index in [1.807, 2.05) is 48.5 Å². The van der Waals surface area contributed by atoms with Gasteiger partial charge in [0.15, 0.2) is 0 Å². The maximum Gasteiger partial charge on any atom is 0.407 e. The first-order valence-corrected chi connectivity index (χ1v) is 9.85. The number of benzene rings is 3. The van der Waals surface area contributed by atoms with Gasteiger partial charge in [-0.15, -0.1) is 0 Å². The third-order valence-electron chi connectivity index (χ3n) is 4.97. The van der Waals surface area contributed by atoms with Gasteiger partial charge in [-0.2, -0.15) is 0 Å². The normalized spacial score (nSPS) is 12.3. The summed E-state index contributed by atoms with van der Waals surface area (Å²) in [5.74, 6) is 0.0893. The fourth-order valence-electron chi connectivity index (χ4n) is 3.65. The number of hydrogen-bond donors (Lipinski definition) is 1. The Balaban J connectivity index is 1.36. The van der Waals surface area contributed by atoms with Gasteiger partial charge in [0.25, 0.3) is 0 Å². The lowest BCUT2D eigenvalue weighted by Gasteiger charge is -2.14. The zero-order chi connectivity index (χ0) is 18.6. The fraction of sp³-hybridized carbons (Fsp3) is 0.174. The standard InChI is InChI=1S/C23H20BrNO2/c24-22-12-6-1-7-16(22)13-14-25-23(26)27-15-21-19-10-4-2-8-17(19)18-9-3-5-11-20(18)21/h1-12,21H,13-15H2,(H,25,26). The van der Waals surface area contributed by atoms with Crippen LogP contribution in [0.3, 0.4) is 0 Å². The molecule has 0 bridgehead atoms. The number of halogens is 1. The Kier molecular flexibility index (Phi) is 5.26. The number of carbonyl (C=O) groups is 1. The zero-order valence-electron chi connectivity index (χ0n) is 14.8. The molecule has 0 heterocycles. The van der Waals surface area contributed by atoms with Crippen LogP contribution in [-0.4, -0.2) is 19.2 Å². The molecular formula is C23H20BrNO2. The van der Waals surface area contributed by atoms with Crippen LogP contribution < -0.4 is 5.32 Å². The first-order chi connectivity index (χ1) is 13.2. The molecule has 4 rings (SSSR count). The molecule has 0 aliphatic heterocycles. The lowest BCUT2D eigenvalue weighted by Crippen LogP contribution is -2.28. The van der Waals surface area contributed by atoms with E-state index in [1.54, 1.807) is 0 Å². The molecule has 0 saturated heterocycles. The zero-order valence-corrected chi connectivity index (χ0v) is 16.4. The molecule has 3 aromatic carbocycles. The van der Waals surface area contributed by atoms with E-state index in [1.165, 1.54) is 22.3 Å². The second-order valence-electron chi connectivity index (χ2n) is 6.59. The van der Waals surface area contributed by atoms with Gasteiger partial charge in [-0.25, -0.2) is 4.79 Å². The monoisotopic (exact) mass is 421 g/mol. The molecule has 0 atom stereocenters. The summed E-state index contributed by atoms with van der Waals surface area (Å²) in [6.07, 6.45) is 0.384. The average Bonchev–Trinajstić information content (AvgIpc) is 3.02. The molecule has 4 heteroatoms. The minimum atomic E-state index is -0.371. The fourth-order valence-corrected chi connectivity index (χ4v) is 4.13. The van der Waals surface area contributed by atoms with E-state index in [0.717, 1.165) is 16.5 Å². The molecular weight excluding hydrogens is 402 g/mol. The highest BCUT2D eigenvalue weighted by Crippen LogP contribution is 2.44. The van der Waals surface area contributed by atoms with Crippen molar-refractivity contribution in [2.75, 3.05) is 13.2 Å². The van der Waals surface area contributed by atoms with Gasteiger partial charge in [0, 0.05) is 16.9 Å². The lowest BCUT2D eigenvalue weighted by molar-refractivity contribution is 0.143. The average molecular weight is 422 g/mol. The van der Waals surface area contributed by atoms with Crippen LogP contribution in [0, 0.1) is 0 Å². The van der Waals surface area contributed by atoms with Crippen molar-refractivity contribution in [1.82, 2.24) is 5.32 Å². The number of ether oxygens (including phenoxy) is 1. The van der Waals surface area contributed by atoms with Crippen molar-refractivity contribution in [3.63, 3.8) is 0 Å². The number of carbonyl (C=O) groups excluding carboxylic acids is 1. The predicted molar refractivity (Wildman–Crippen MR) is 111 cm³/mol. The quantitative estimate of drug-likeness (QED) is 0.587. The van der Waals surface area contributed by atoms with Crippen LogP contribution in [0.5, 0.6) is 0 Å². The first-order valence-electron chi connectivity index (χ1n) is 9.06. The van der Waals surface area contributed by atoms with Gasteiger partial charge in [0.2, 0.25) is 0 Å². The number of rotatable bonds is 5. The minimum Gasteiger partial charge on any atom is -0.449 e. The molecule has 3 nitrogen and oxygen atoms in total. The summed E-state index contributed by atoms with van der Waals surface area (Å²) in [5.41, 5.74) is 6.07. The van der Waals surface area contributed by atoms with Crippen LogP contribution in [0.2, 0.25) is 0 Å². The topological polar surface area (TPSA) is 38.3 Å². The Bertz CT molecular complexity index is 924. The highest BCUT2D eigenvalue weighted by atomic mass is 79.9. The molecule has 0 spiro atoms. The predicted octanol–water partition coefficient (Wildman–Crippen LogP) is 5.53. The van der Waals surface area contributed by atoms with Crippen molar-refractivity contribution >= 4 is 22.0 Å². The summed E-state index contributed by atoms with van der Waals surface area (Å²) in [4.78, 5) is 12.2. The highest BCUT2D eigenvalue weighted by Gasteiger charge is 2.28. The second-order valence-corrected chi connectivity index (χ2v) is 7.45. The molecule has 27 heavy (non-hydrogen) atoms. The first kappa shape index (κ1) is 17.8. The van der Waals surface area contributed by atoms with Crippen LogP contribution in [0.15, 0.2) is 77.3 Å². The Morgan fingerprint density at radius 2 is 1.48 bits per heavy atom. The van der Waals surface area contributed by atoms with Crippen molar-refractivity contribution < 1.29 is 9.53 Å². The van der Waals surface area contributed by atoms with E-state index < -0.39 is 0 Å². The Hall–Kier alpha value is -2.59. The Morgan fingerprint density at radius 3 is 2.15 bits per heavy atom. The van der Waals surface area contributed by atoms with Crippen LogP contribution in [0.25, 0.3) is 11.1 Å².